The van der Waals surface area contributed by atoms with Crippen LogP contribution in [0.1, 0.15) is 27.9 Å². The molecular weight excluding hydrogens is 344 g/mol. The molecule has 12 heteroatoms. The molecule has 0 aromatic carbocycles. The van der Waals surface area contributed by atoms with Gasteiger partial charge in [-0.1, -0.05) is 0 Å². The van der Waals surface area contributed by atoms with Crippen molar-refractivity contribution in [2.45, 2.75) is 6.92 Å². The zero-order valence-corrected chi connectivity index (χ0v) is 14.1. The van der Waals surface area contributed by atoms with Gasteiger partial charge in [0.2, 0.25) is 11.8 Å². The molecule has 12 nitrogen and oxygen atoms in total. The Morgan fingerprint density at radius 3 is 2.85 bits per heavy atom. The van der Waals surface area contributed by atoms with Crippen LogP contribution in [-0.2, 0) is 9.47 Å². The van der Waals surface area contributed by atoms with Gasteiger partial charge in [0, 0.05) is 13.1 Å². The summed E-state index contributed by atoms with van der Waals surface area (Å²) >= 11 is 0. The lowest BCUT2D eigenvalue weighted by molar-refractivity contribution is 0.0300. The molecule has 0 radical (unpaired) electrons. The van der Waals surface area contributed by atoms with Crippen LogP contribution in [0.15, 0.2) is 16.6 Å². The Kier molecular flexibility index (Phi) is 5.22. The minimum atomic E-state index is -0.596. The number of rotatable bonds is 5. The first-order valence-electron chi connectivity index (χ1n) is 7.95. The number of H-pyrrole nitrogens is 2. The van der Waals surface area contributed by atoms with E-state index in [0.717, 1.165) is 0 Å². The monoisotopic (exact) mass is 362 g/mol. The van der Waals surface area contributed by atoms with Gasteiger partial charge in [-0.3, -0.25) is 4.79 Å². The second-order valence-corrected chi connectivity index (χ2v) is 5.25. The molecule has 1 fully saturated rings. The van der Waals surface area contributed by atoms with E-state index in [-0.39, 0.29) is 41.5 Å². The molecule has 4 N–H and O–H groups in total. The lowest BCUT2D eigenvalue weighted by atomic mass is 10.3. The fraction of sp³-hybridized carbons (Fsp3) is 0.429. The topological polar surface area (TPSA) is 164 Å². The maximum Gasteiger partial charge on any atom is 0.358 e. The SMILES string of the molecule is CCOC(=O)c1[nH]cnc1N=Nc1nc(N)c(C(=O)N2CCOCC2)[nH]1. The van der Waals surface area contributed by atoms with Crippen molar-refractivity contribution in [3.63, 3.8) is 0 Å². The van der Waals surface area contributed by atoms with Crippen molar-refractivity contribution in [2.75, 3.05) is 38.6 Å². The Balaban J connectivity index is 1.75. The number of nitrogens with one attached hydrogen (secondary N) is 2. The Hall–Kier alpha value is -3.28. The summed E-state index contributed by atoms with van der Waals surface area (Å²) in [5.41, 5.74) is 6.00. The number of azo groups is 1. The number of ether oxygens (including phenoxy) is 2. The van der Waals surface area contributed by atoms with E-state index >= 15 is 0 Å². The van der Waals surface area contributed by atoms with Gasteiger partial charge in [0.25, 0.3) is 5.91 Å². The number of nitrogens with two attached hydrogens (primary N) is 1. The number of imidazole rings is 2. The molecule has 0 saturated carbocycles. The molecule has 2 aromatic rings. The Labute approximate surface area is 147 Å². The minimum absolute atomic E-state index is 0.0167. The summed E-state index contributed by atoms with van der Waals surface area (Å²) in [6.45, 7) is 3.81. The first-order valence-corrected chi connectivity index (χ1v) is 7.95. The Morgan fingerprint density at radius 2 is 2.12 bits per heavy atom. The van der Waals surface area contributed by atoms with Gasteiger partial charge in [0.15, 0.2) is 11.5 Å². The van der Waals surface area contributed by atoms with Crippen LogP contribution in [0.4, 0.5) is 17.6 Å². The number of aromatic nitrogens is 4. The molecule has 0 bridgehead atoms. The van der Waals surface area contributed by atoms with Crippen LogP contribution in [0.3, 0.4) is 0 Å². The van der Waals surface area contributed by atoms with Gasteiger partial charge in [-0.05, 0) is 6.92 Å². The van der Waals surface area contributed by atoms with E-state index in [1.54, 1.807) is 11.8 Å². The highest BCUT2D eigenvalue weighted by Crippen LogP contribution is 2.21. The van der Waals surface area contributed by atoms with Gasteiger partial charge < -0.3 is 30.1 Å². The second-order valence-electron chi connectivity index (χ2n) is 5.25. The smallest absolute Gasteiger partial charge is 0.358 e. The van der Waals surface area contributed by atoms with Crippen LogP contribution in [0.5, 0.6) is 0 Å². The van der Waals surface area contributed by atoms with Crippen molar-refractivity contribution >= 4 is 29.5 Å². The number of nitrogens with zero attached hydrogens (tertiary/aromatic N) is 5. The van der Waals surface area contributed by atoms with Crippen molar-refractivity contribution in [3.05, 3.63) is 17.7 Å². The van der Waals surface area contributed by atoms with Crippen molar-refractivity contribution in [2.24, 2.45) is 10.2 Å². The standard InChI is InChI=1S/C14H18N8O4/c1-2-26-13(24)9-11(17-7-16-9)20-21-14-18-8(10(15)19-14)12(23)22-3-5-25-6-4-22/h7H,2-6,15H2,1H3,(H,16,17)(H,18,19). The van der Waals surface area contributed by atoms with Crippen LogP contribution in [-0.4, -0.2) is 69.6 Å². The fourth-order valence-corrected chi connectivity index (χ4v) is 2.32. The van der Waals surface area contributed by atoms with Crippen molar-refractivity contribution < 1.29 is 19.1 Å². The van der Waals surface area contributed by atoms with E-state index < -0.39 is 5.97 Å². The molecule has 0 atom stereocenters. The molecule has 1 amide bonds. The van der Waals surface area contributed by atoms with Crippen molar-refractivity contribution in [3.8, 4) is 0 Å². The third-order valence-electron chi connectivity index (χ3n) is 3.57. The number of esters is 1. The maximum atomic E-state index is 12.5. The molecule has 138 valence electrons. The molecule has 0 spiro atoms. The summed E-state index contributed by atoms with van der Waals surface area (Å²) in [5.74, 6) is -0.799. The highest BCUT2D eigenvalue weighted by molar-refractivity contribution is 5.97. The molecule has 1 saturated heterocycles. The number of anilines is 1. The van der Waals surface area contributed by atoms with Crippen molar-refractivity contribution in [1.82, 2.24) is 24.8 Å². The number of aromatic amines is 2. The summed E-state index contributed by atoms with van der Waals surface area (Å²) in [7, 11) is 0. The molecule has 3 heterocycles. The molecule has 0 unspecified atom stereocenters. The van der Waals surface area contributed by atoms with E-state index in [1.807, 2.05) is 0 Å². The molecule has 26 heavy (non-hydrogen) atoms. The molecule has 0 aliphatic carbocycles. The normalized spacial score (nSPS) is 14.7. The van der Waals surface area contributed by atoms with Crippen LogP contribution < -0.4 is 5.73 Å². The summed E-state index contributed by atoms with van der Waals surface area (Å²) in [6.07, 6.45) is 1.30. The third kappa shape index (κ3) is 3.69. The predicted octanol–water partition coefficient (Wildman–Crippen LogP) is 0.779. The van der Waals surface area contributed by atoms with Gasteiger partial charge >= 0.3 is 5.97 Å². The van der Waals surface area contributed by atoms with Crippen LogP contribution in [0.2, 0.25) is 0 Å². The molecule has 2 aromatic heterocycles. The van der Waals surface area contributed by atoms with Gasteiger partial charge in [-0.2, -0.15) is 4.98 Å². The summed E-state index contributed by atoms with van der Waals surface area (Å²) in [4.78, 5) is 39.1. The van der Waals surface area contributed by atoms with E-state index in [0.29, 0.717) is 26.3 Å². The molecule has 3 rings (SSSR count). The lowest BCUT2D eigenvalue weighted by Gasteiger charge is -2.26. The van der Waals surface area contributed by atoms with Gasteiger partial charge in [-0.25, -0.2) is 9.78 Å². The molecule has 1 aliphatic heterocycles. The summed E-state index contributed by atoms with van der Waals surface area (Å²) in [5, 5.41) is 7.71. The first-order chi connectivity index (χ1) is 12.6. The van der Waals surface area contributed by atoms with Gasteiger partial charge in [0.05, 0.1) is 26.1 Å². The van der Waals surface area contributed by atoms with Gasteiger partial charge in [-0.15, -0.1) is 10.2 Å². The van der Waals surface area contributed by atoms with E-state index in [2.05, 4.69) is 30.2 Å². The predicted molar refractivity (Wildman–Crippen MR) is 88.4 cm³/mol. The number of carbonyl (C=O) groups excluding carboxylic acids is 2. The third-order valence-corrected chi connectivity index (χ3v) is 3.57. The average Bonchev–Trinajstić information content (AvgIpc) is 3.26. The Bertz CT molecular complexity index is 821. The second kappa shape index (κ2) is 7.74. The Morgan fingerprint density at radius 1 is 1.35 bits per heavy atom. The van der Waals surface area contributed by atoms with E-state index in [9.17, 15) is 9.59 Å². The van der Waals surface area contributed by atoms with E-state index in [1.165, 1.54) is 6.33 Å². The van der Waals surface area contributed by atoms with Gasteiger partial charge in [0.1, 0.15) is 5.69 Å². The quantitative estimate of drug-likeness (QED) is 0.522. The number of morpholine rings is 1. The van der Waals surface area contributed by atoms with Crippen LogP contribution in [0, 0.1) is 0 Å². The first kappa shape index (κ1) is 17.5. The number of hydrogen-bond acceptors (Lipinski definition) is 9. The van der Waals surface area contributed by atoms with Crippen LogP contribution in [0.25, 0.3) is 0 Å². The molecule has 1 aliphatic rings. The summed E-state index contributed by atoms with van der Waals surface area (Å²) in [6, 6.07) is 0. The average molecular weight is 362 g/mol. The number of nitrogen functional groups attached to an aromatic ring is 1. The van der Waals surface area contributed by atoms with Crippen molar-refractivity contribution in [1.29, 1.82) is 0 Å². The highest BCUT2D eigenvalue weighted by Gasteiger charge is 2.23. The highest BCUT2D eigenvalue weighted by atomic mass is 16.5. The lowest BCUT2D eigenvalue weighted by Crippen LogP contribution is -2.41. The number of amides is 1. The van der Waals surface area contributed by atoms with Crippen LogP contribution >= 0.6 is 0 Å². The van der Waals surface area contributed by atoms with E-state index in [4.69, 9.17) is 15.2 Å². The summed E-state index contributed by atoms with van der Waals surface area (Å²) < 4.78 is 10.1. The number of hydrogen-bond donors (Lipinski definition) is 3. The zero-order valence-electron chi connectivity index (χ0n) is 14.1. The zero-order chi connectivity index (χ0) is 18.5. The maximum absolute atomic E-state index is 12.5. The largest absolute Gasteiger partial charge is 0.461 e. The molecular formula is C14H18N8O4. The minimum Gasteiger partial charge on any atom is -0.461 e. The number of carbonyl (C=O) groups is 2. The fourth-order valence-electron chi connectivity index (χ4n) is 2.32.